The Kier molecular flexibility index (Phi) is 7.12. The zero-order valence-corrected chi connectivity index (χ0v) is 17.1. The molecule has 10 heteroatoms. The van der Waals surface area contributed by atoms with Crippen LogP contribution in [0, 0.1) is 12.4 Å². The first-order valence-corrected chi connectivity index (χ1v) is 10.1. The molecule has 1 aromatic heterocycles. The molecule has 0 bridgehead atoms. The third kappa shape index (κ3) is 5.89. The molecule has 0 aliphatic rings. The summed E-state index contributed by atoms with van der Waals surface area (Å²) in [4.78, 5) is 8.86. The second-order valence-electron chi connectivity index (χ2n) is 5.84. The second-order valence-corrected chi connectivity index (χ2v) is 8.44. The third-order valence-electron chi connectivity index (χ3n) is 3.40. The molecule has 7 nitrogen and oxygen atoms in total. The van der Waals surface area contributed by atoms with E-state index in [-0.39, 0.29) is 22.2 Å². The van der Waals surface area contributed by atoms with Gasteiger partial charge < -0.3 is 9.64 Å². The van der Waals surface area contributed by atoms with E-state index in [2.05, 4.69) is 30.5 Å². The zero-order chi connectivity index (χ0) is 20.0. The predicted octanol–water partition coefficient (Wildman–Crippen LogP) is 3.67. The van der Waals surface area contributed by atoms with Gasteiger partial charge in [-0.2, -0.15) is 0 Å². The molecule has 0 aliphatic heterocycles. The molecule has 0 spiro atoms. The molecular weight excluding hydrogens is 439 g/mol. The summed E-state index contributed by atoms with van der Waals surface area (Å²) in [7, 11) is -0.171. The Hall–Kier alpha value is -2.22. The molecule has 0 saturated heterocycles. The Morgan fingerprint density at radius 3 is 2.78 bits per heavy atom. The van der Waals surface area contributed by atoms with Crippen LogP contribution in [0.5, 0.6) is 5.88 Å². The van der Waals surface area contributed by atoms with Crippen molar-refractivity contribution in [3.05, 3.63) is 52.2 Å². The van der Waals surface area contributed by atoms with Crippen molar-refractivity contribution >= 4 is 37.3 Å². The van der Waals surface area contributed by atoms with E-state index in [1.54, 1.807) is 0 Å². The van der Waals surface area contributed by atoms with Crippen LogP contribution in [0.3, 0.4) is 0 Å². The monoisotopic (exact) mass is 456 g/mol. The van der Waals surface area contributed by atoms with Crippen LogP contribution in [0.15, 0.2) is 39.8 Å². The van der Waals surface area contributed by atoms with Crippen LogP contribution in [-0.4, -0.2) is 45.5 Å². The van der Waals surface area contributed by atoms with Crippen molar-refractivity contribution in [3.8, 4) is 5.88 Å². The summed E-state index contributed by atoms with van der Waals surface area (Å²) in [5.41, 5.74) is -0.228. The number of ether oxygens (including phenoxy) is 1. The van der Waals surface area contributed by atoms with Gasteiger partial charge in [0.15, 0.2) is 0 Å². The summed E-state index contributed by atoms with van der Waals surface area (Å²) in [6.07, 6.45) is 2.23. The van der Waals surface area contributed by atoms with Crippen molar-refractivity contribution in [1.82, 2.24) is 9.88 Å². The van der Waals surface area contributed by atoms with Gasteiger partial charge in [0, 0.05) is 17.2 Å². The summed E-state index contributed by atoms with van der Waals surface area (Å²) in [5.74, 6) is -0.647. The standard InChI is InChI=1S/C17H18BrFN4O3S/c1-20-15-10-13(5-6-14(15)19)27(24,25)22-16-9-12(18)11-21-17(16)26-8-4-7-23(2)3/h5-6,9-11,22H,4,7-8H2,2-3H3. The SMILES string of the molecule is [C-]#[N+]c1cc(S(=O)(=O)Nc2cc(Br)cnc2OCCCN(C)C)ccc1F. The number of benzene rings is 1. The molecule has 0 saturated carbocycles. The molecule has 1 N–H and O–H groups in total. The van der Waals surface area contributed by atoms with Crippen LogP contribution >= 0.6 is 15.9 Å². The van der Waals surface area contributed by atoms with Crippen molar-refractivity contribution in [2.24, 2.45) is 0 Å². The lowest BCUT2D eigenvalue weighted by atomic mass is 10.3. The van der Waals surface area contributed by atoms with Crippen LogP contribution in [0.1, 0.15) is 6.42 Å². The maximum atomic E-state index is 13.5. The molecule has 0 aliphatic carbocycles. The average molecular weight is 457 g/mol. The number of anilines is 1. The van der Waals surface area contributed by atoms with Crippen molar-refractivity contribution in [1.29, 1.82) is 0 Å². The Morgan fingerprint density at radius 2 is 2.11 bits per heavy atom. The van der Waals surface area contributed by atoms with Gasteiger partial charge in [0.05, 0.1) is 18.1 Å². The second kappa shape index (κ2) is 9.12. The fourth-order valence-electron chi connectivity index (χ4n) is 2.11. The summed E-state index contributed by atoms with van der Waals surface area (Å²) < 4.78 is 47.2. The summed E-state index contributed by atoms with van der Waals surface area (Å²) in [5, 5.41) is 0. The van der Waals surface area contributed by atoms with E-state index in [1.165, 1.54) is 12.3 Å². The minimum absolute atomic E-state index is 0.132. The van der Waals surface area contributed by atoms with E-state index in [1.807, 2.05) is 19.0 Å². The van der Waals surface area contributed by atoms with E-state index in [0.717, 1.165) is 31.2 Å². The summed E-state index contributed by atoms with van der Waals surface area (Å²) in [6.45, 7) is 8.10. The Balaban J connectivity index is 2.24. The third-order valence-corrected chi connectivity index (χ3v) is 5.20. The van der Waals surface area contributed by atoms with Gasteiger partial charge in [-0.05, 0) is 60.7 Å². The number of pyridine rings is 1. The smallest absolute Gasteiger partial charge is 0.260 e. The lowest BCUT2D eigenvalue weighted by Crippen LogP contribution is -2.17. The van der Waals surface area contributed by atoms with Gasteiger partial charge in [-0.15, -0.1) is 0 Å². The van der Waals surface area contributed by atoms with Crippen molar-refractivity contribution in [2.45, 2.75) is 11.3 Å². The maximum Gasteiger partial charge on any atom is 0.260 e. The number of halogens is 2. The minimum Gasteiger partial charge on any atom is -0.476 e. The maximum absolute atomic E-state index is 13.5. The van der Waals surface area contributed by atoms with E-state index in [0.29, 0.717) is 11.1 Å². The quantitative estimate of drug-likeness (QED) is 0.484. The first-order chi connectivity index (χ1) is 12.7. The summed E-state index contributed by atoms with van der Waals surface area (Å²) in [6, 6.07) is 4.54. The molecular formula is C17H18BrFN4O3S. The lowest BCUT2D eigenvalue weighted by Gasteiger charge is -2.14. The first-order valence-electron chi connectivity index (χ1n) is 7.86. The van der Waals surface area contributed by atoms with E-state index in [9.17, 15) is 12.8 Å². The lowest BCUT2D eigenvalue weighted by molar-refractivity contribution is 0.274. The number of hydrogen-bond acceptors (Lipinski definition) is 5. The van der Waals surface area contributed by atoms with E-state index in [4.69, 9.17) is 11.3 Å². The first kappa shape index (κ1) is 21.1. The highest BCUT2D eigenvalue weighted by Gasteiger charge is 2.19. The molecule has 0 unspecified atom stereocenters. The molecule has 27 heavy (non-hydrogen) atoms. The number of aromatic nitrogens is 1. The summed E-state index contributed by atoms with van der Waals surface area (Å²) >= 11 is 3.24. The van der Waals surface area contributed by atoms with Gasteiger partial charge in [-0.25, -0.2) is 22.6 Å². The van der Waals surface area contributed by atoms with Gasteiger partial charge in [0.1, 0.15) is 11.5 Å². The molecule has 1 heterocycles. The number of rotatable bonds is 8. The van der Waals surface area contributed by atoms with Gasteiger partial charge in [0.25, 0.3) is 10.0 Å². The number of hydrogen-bond donors (Lipinski definition) is 1. The highest BCUT2D eigenvalue weighted by atomic mass is 79.9. The van der Waals surface area contributed by atoms with Crippen LogP contribution < -0.4 is 9.46 Å². The van der Waals surface area contributed by atoms with Crippen LogP contribution in [0.25, 0.3) is 4.85 Å². The molecule has 2 rings (SSSR count). The molecule has 0 radical (unpaired) electrons. The molecule has 2 aromatic rings. The molecule has 1 aromatic carbocycles. The van der Waals surface area contributed by atoms with Crippen LogP contribution in [0.4, 0.5) is 15.8 Å². The van der Waals surface area contributed by atoms with Gasteiger partial charge in [-0.3, -0.25) is 4.72 Å². The Labute approximate surface area is 166 Å². The van der Waals surface area contributed by atoms with E-state index >= 15 is 0 Å². The van der Waals surface area contributed by atoms with Crippen molar-refractivity contribution < 1.29 is 17.5 Å². The number of nitrogens with zero attached hydrogens (tertiary/aromatic N) is 3. The van der Waals surface area contributed by atoms with Gasteiger partial charge in [-0.1, -0.05) is 0 Å². The minimum atomic E-state index is -4.06. The van der Waals surface area contributed by atoms with Crippen LogP contribution in [-0.2, 0) is 10.0 Å². The van der Waals surface area contributed by atoms with Crippen LogP contribution in [0.2, 0.25) is 0 Å². The average Bonchev–Trinajstić information content (AvgIpc) is 2.60. The molecule has 0 fully saturated rings. The normalized spacial score (nSPS) is 11.3. The fraction of sp³-hybridized carbons (Fsp3) is 0.294. The highest BCUT2D eigenvalue weighted by molar-refractivity contribution is 9.10. The number of nitrogens with one attached hydrogen (secondary N) is 1. The molecule has 0 atom stereocenters. The van der Waals surface area contributed by atoms with Crippen molar-refractivity contribution in [2.75, 3.05) is 32.0 Å². The number of sulfonamides is 1. The van der Waals surface area contributed by atoms with Gasteiger partial charge in [0.2, 0.25) is 11.6 Å². The largest absolute Gasteiger partial charge is 0.476 e. The molecule has 144 valence electrons. The zero-order valence-electron chi connectivity index (χ0n) is 14.7. The topological polar surface area (TPSA) is 75.9 Å². The predicted molar refractivity (Wildman–Crippen MR) is 104 cm³/mol. The highest BCUT2D eigenvalue weighted by Crippen LogP contribution is 2.29. The Bertz CT molecular complexity index is 961. The van der Waals surface area contributed by atoms with Gasteiger partial charge >= 0.3 is 0 Å². The molecule has 0 amide bonds. The van der Waals surface area contributed by atoms with Crippen molar-refractivity contribution in [3.63, 3.8) is 0 Å². The Morgan fingerprint density at radius 1 is 1.37 bits per heavy atom. The van der Waals surface area contributed by atoms with E-state index < -0.39 is 15.8 Å². The fourth-order valence-corrected chi connectivity index (χ4v) is 3.51.